The third-order valence-electron chi connectivity index (χ3n) is 5.63. The summed E-state index contributed by atoms with van der Waals surface area (Å²) >= 11 is 6.59. The Bertz CT molecular complexity index is 1450. The van der Waals surface area contributed by atoms with Gasteiger partial charge in [-0.3, -0.25) is 0 Å². The fraction of sp³-hybridized carbons (Fsp3) is 0.0769. The van der Waals surface area contributed by atoms with E-state index in [4.69, 9.17) is 0 Å². The first-order chi connectivity index (χ1) is 15.4. The molecule has 160 valence electrons. The summed E-state index contributed by atoms with van der Waals surface area (Å²) in [6.07, 6.45) is -4.51. The quantitative estimate of drug-likeness (QED) is 0.195. The van der Waals surface area contributed by atoms with Gasteiger partial charge in [-0.2, -0.15) is 13.2 Å². The lowest BCUT2D eigenvalue weighted by Gasteiger charge is -2.15. The molecule has 6 heteroatoms. The third-order valence-corrected chi connectivity index (χ3v) is 7.23. The SMILES string of the molecule is FC(F)(F)c1c(Br)c(-c2cc3ccccc3c3ccccc23)n(Cc2ccccc2)c1Br. The average molecular weight is 559 g/mol. The summed E-state index contributed by atoms with van der Waals surface area (Å²) in [5.74, 6) is 0. The zero-order chi connectivity index (χ0) is 22.5. The Morgan fingerprint density at radius 1 is 0.719 bits per heavy atom. The first-order valence-electron chi connectivity index (χ1n) is 9.95. The number of fused-ring (bicyclic) bond motifs is 3. The molecule has 4 aromatic carbocycles. The van der Waals surface area contributed by atoms with Crippen LogP contribution in [0.3, 0.4) is 0 Å². The molecule has 0 spiro atoms. The normalized spacial score (nSPS) is 12.0. The van der Waals surface area contributed by atoms with Crippen LogP contribution in [0.5, 0.6) is 0 Å². The van der Waals surface area contributed by atoms with Gasteiger partial charge in [0.05, 0.1) is 14.8 Å². The Hall–Kier alpha value is -2.57. The second-order valence-corrected chi connectivity index (χ2v) is 9.13. The van der Waals surface area contributed by atoms with Gasteiger partial charge in [0, 0.05) is 12.1 Å². The Kier molecular flexibility index (Phi) is 5.38. The molecule has 0 aliphatic rings. The molecule has 0 aliphatic carbocycles. The summed E-state index contributed by atoms with van der Waals surface area (Å²) < 4.78 is 43.9. The molecule has 0 unspecified atom stereocenters. The highest BCUT2D eigenvalue weighted by Crippen LogP contribution is 2.48. The fourth-order valence-corrected chi connectivity index (χ4v) is 6.06. The average Bonchev–Trinajstić information content (AvgIpc) is 3.03. The lowest BCUT2D eigenvalue weighted by atomic mass is 9.95. The van der Waals surface area contributed by atoms with E-state index >= 15 is 0 Å². The summed E-state index contributed by atoms with van der Waals surface area (Å²) in [6, 6.07) is 27.3. The van der Waals surface area contributed by atoms with Crippen LogP contribution in [0.15, 0.2) is 94.0 Å². The summed E-state index contributed by atoms with van der Waals surface area (Å²) in [6.45, 7) is 0.298. The molecule has 5 rings (SSSR count). The van der Waals surface area contributed by atoms with Gasteiger partial charge in [-0.15, -0.1) is 0 Å². The summed E-state index contributed by atoms with van der Waals surface area (Å²) in [5, 5.41) is 3.95. The molecule has 0 bridgehead atoms. The Morgan fingerprint density at radius 2 is 1.31 bits per heavy atom. The molecule has 0 radical (unpaired) electrons. The standard InChI is InChI=1S/C26H16Br2F3N/c27-23-22(26(29,30)31)25(28)32(15-16-8-2-1-3-9-16)24(23)21-14-17-10-4-5-11-18(17)19-12-6-7-13-20(19)21/h1-14H,15H2. The zero-order valence-corrected chi connectivity index (χ0v) is 19.8. The van der Waals surface area contributed by atoms with E-state index in [1.807, 2.05) is 84.9 Å². The smallest absolute Gasteiger partial charge is 0.329 e. The van der Waals surface area contributed by atoms with Crippen molar-refractivity contribution in [1.29, 1.82) is 0 Å². The van der Waals surface area contributed by atoms with Crippen molar-refractivity contribution in [3.05, 3.63) is 105 Å². The van der Waals surface area contributed by atoms with Crippen LogP contribution in [0.1, 0.15) is 11.1 Å². The molecule has 0 aliphatic heterocycles. The minimum atomic E-state index is -4.51. The van der Waals surface area contributed by atoms with Gasteiger partial charge in [0.15, 0.2) is 0 Å². The van der Waals surface area contributed by atoms with Gasteiger partial charge < -0.3 is 4.57 Å². The minimum Gasteiger partial charge on any atom is -0.329 e. The second kappa shape index (κ2) is 8.09. The van der Waals surface area contributed by atoms with Crippen LogP contribution < -0.4 is 0 Å². The second-order valence-electron chi connectivity index (χ2n) is 7.59. The highest BCUT2D eigenvalue weighted by Gasteiger charge is 2.40. The van der Waals surface area contributed by atoms with Crippen LogP contribution in [0.2, 0.25) is 0 Å². The molecule has 1 nitrogen and oxygen atoms in total. The Balaban J connectivity index is 1.88. The van der Waals surface area contributed by atoms with Crippen molar-refractivity contribution in [2.75, 3.05) is 0 Å². The van der Waals surface area contributed by atoms with Crippen molar-refractivity contribution in [2.24, 2.45) is 0 Å². The van der Waals surface area contributed by atoms with E-state index in [1.54, 1.807) is 4.57 Å². The largest absolute Gasteiger partial charge is 0.420 e. The topological polar surface area (TPSA) is 4.93 Å². The zero-order valence-electron chi connectivity index (χ0n) is 16.6. The molecule has 0 saturated heterocycles. The number of halogens is 5. The molecular weight excluding hydrogens is 543 g/mol. The van der Waals surface area contributed by atoms with Crippen molar-refractivity contribution in [3.63, 3.8) is 0 Å². The molecule has 0 N–H and O–H groups in total. The van der Waals surface area contributed by atoms with E-state index in [1.165, 1.54) is 0 Å². The van der Waals surface area contributed by atoms with Crippen LogP contribution in [0.25, 0.3) is 32.8 Å². The Labute approximate surface area is 199 Å². The predicted molar refractivity (Wildman–Crippen MR) is 131 cm³/mol. The van der Waals surface area contributed by atoms with Gasteiger partial charge >= 0.3 is 6.18 Å². The Morgan fingerprint density at radius 3 is 2.00 bits per heavy atom. The number of hydrogen-bond donors (Lipinski definition) is 0. The van der Waals surface area contributed by atoms with E-state index in [0.29, 0.717) is 12.2 Å². The number of aromatic nitrogens is 1. The van der Waals surface area contributed by atoms with Crippen molar-refractivity contribution in [2.45, 2.75) is 12.7 Å². The molecule has 5 aromatic rings. The van der Waals surface area contributed by atoms with E-state index in [2.05, 4.69) is 31.9 Å². The molecule has 1 heterocycles. The predicted octanol–water partition coefficient (Wildman–Crippen LogP) is 9.05. The van der Waals surface area contributed by atoms with Gasteiger partial charge in [0.2, 0.25) is 0 Å². The fourth-order valence-electron chi connectivity index (χ4n) is 4.23. The molecule has 0 fully saturated rings. The van der Waals surface area contributed by atoms with E-state index < -0.39 is 11.7 Å². The van der Waals surface area contributed by atoms with E-state index in [9.17, 15) is 13.2 Å². The number of benzene rings is 4. The summed E-state index contributed by atoms with van der Waals surface area (Å²) in [4.78, 5) is 0. The molecule has 0 saturated carbocycles. The maximum Gasteiger partial charge on any atom is 0.420 e. The van der Waals surface area contributed by atoms with Crippen molar-refractivity contribution in [3.8, 4) is 11.3 Å². The maximum atomic E-state index is 14.1. The lowest BCUT2D eigenvalue weighted by Crippen LogP contribution is -2.07. The van der Waals surface area contributed by atoms with Crippen LogP contribution >= 0.6 is 31.9 Å². The summed E-state index contributed by atoms with van der Waals surface area (Å²) in [7, 11) is 0. The van der Waals surface area contributed by atoms with Crippen LogP contribution in [0, 0.1) is 0 Å². The number of nitrogens with zero attached hydrogens (tertiary/aromatic N) is 1. The van der Waals surface area contributed by atoms with Crippen molar-refractivity contribution < 1.29 is 13.2 Å². The van der Waals surface area contributed by atoms with Gasteiger partial charge in [0.1, 0.15) is 5.56 Å². The van der Waals surface area contributed by atoms with Crippen molar-refractivity contribution in [1.82, 2.24) is 4.57 Å². The minimum absolute atomic E-state index is 0.00738. The monoisotopic (exact) mass is 557 g/mol. The highest BCUT2D eigenvalue weighted by atomic mass is 79.9. The number of alkyl halides is 3. The van der Waals surface area contributed by atoms with E-state index in [0.717, 1.165) is 32.7 Å². The number of hydrogen-bond acceptors (Lipinski definition) is 0. The molecule has 1 aromatic heterocycles. The lowest BCUT2D eigenvalue weighted by molar-refractivity contribution is -0.138. The molecule has 0 atom stereocenters. The maximum absolute atomic E-state index is 14.1. The van der Waals surface area contributed by atoms with Gasteiger partial charge in [-0.05, 0) is 65.0 Å². The molecule has 32 heavy (non-hydrogen) atoms. The first kappa shape index (κ1) is 21.3. The highest BCUT2D eigenvalue weighted by molar-refractivity contribution is 9.11. The van der Waals surface area contributed by atoms with E-state index in [-0.39, 0.29) is 9.08 Å². The van der Waals surface area contributed by atoms with Gasteiger partial charge in [-0.25, -0.2) is 0 Å². The third kappa shape index (κ3) is 3.55. The molecular formula is C26H16Br2F3N. The first-order valence-corrected chi connectivity index (χ1v) is 11.5. The van der Waals surface area contributed by atoms with Gasteiger partial charge in [-0.1, -0.05) is 78.9 Å². The summed E-state index contributed by atoms with van der Waals surface area (Å²) in [5.41, 5.74) is 1.45. The molecule has 0 amide bonds. The van der Waals surface area contributed by atoms with Gasteiger partial charge in [0.25, 0.3) is 0 Å². The van der Waals surface area contributed by atoms with Crippen LogP contribution in [0.4, 0.5) is 13.2 Å². The van der Waals surface area contributed by atoms with Crippen LogP contribution in [-0.2, 0) is 12.7 Å². The van der Waals surface area contributed by atoms with Crippen molar-refractivity contribution >= 4 is 53.4 Å². The number of rotatable bonds is 3. The van der Waals surface area contributed by atoms with Crippen LogP contribution in [-0.4, -0.2) is 4.57 Å².